The quantitative estimate of drug-likeness (QED) is 0.681. The first-order valence-electron chi connectivity index (χ1n) is 8.55. The Kier molecular flexibility index (Phi) is 6.63. The molecule has 0 spiro atoms. The largest absolute Gasteiger partial charge is 0.324 e. The van der Waals surface area contributed by atoms with Gasteiger partial charge < -0.3 is 10.6 Å². The average molecular weight is 414 g/mol. The lowest BCUT2D eigenvalue weighted by atomic mass is 9.87. The summed E-state index contributed by atoms with van der Waals surface area (Å²) in [5.41, 5.74) is 0.218. The third-order valence-corrected chi connectivity index (χ3v) is 5.80. The van der Waals surface area contributed by atoms with Crippen molar-refractivity contribution < 1.29 is 13.2 Å². The predicted molar refractivity (Wildman–Crippen MR) is 105 cm³/mol. The molecule has 10 heteroatoms. The average Bonchev–Trinajstić information content (AvgIpc) is 3.16. The van der Waals surface area contributed by atoms with Gasteiger partial charge in [-0.3, -0.25) is 9.48 Å². The van der Waals surface area contributed by atoms with Crippen molar-refractivity contribution in [1.29, 1.82) is 0 Å². The molecule has 2 aromatic rings. The van der Waals surface area contributed by atoms with Crippen molar-refractivity contribution in [3.63, 3.8) is 0 Å². The van der Waals surface area contributed by atoms with Gasteiger partial charge in [0.05, 0.1) is 4.90 Å². The van der Waals surface area contributed by atoms with E-state index in [-0.39, 0.29) is 23.2 Å². The smallest absolute Gasteiger partial charge is 0.252 e. The Bertz CT molecular complexity index is 893. The van der Waals surface area contributed by atoms with Crippen LogP contribution in [0.2, 0.25) is 0 Å². The number of sulfonamides is 1. The number of rotatable bonds is 5. The van der Waals surface area contributed by atoms with Crippen molar-refractivity contribution in [3.8, 4) is 0 Å². The van der Waals surface area contributed by atoms with Crippen LogP contribution >= 0.6 is 12.4 Å². The van der Waals surface area contributed by atoms with Crippen LogP contribution in [0.3, 0.4) is 0 Å². The molecule has 0 radical (unpaired) electrons. The number of nitrogens with zero attached hydrogens (tertiary/aromatic N) is 2. The Hall–Kier alpha value is -1.94. The van der Waals surface area contributed by atoms with E-state index in [1.807, 2.05) is 6.92 Å². The second-order valence-electron chi connectivity index (χ2n) is 6.41. The molecule has 148 valence electrons. The highest BCUT2D eigenvalue weighted by Gasteiger charge is 2.42. The number of aryl methyl sites for hydroxylation is 1. The SMILES string of the molecule is CCc1ccc(NC(=O)C2(n3cccn3)CCNCC2)cc1S(N)(=O)=O.Cl. The lowest BCUT2D eigenvalue weighted by molar-refractivity contribution is -0.126. The monoisotopic (exact) mass is 413 g/mol. The van der Waals surface area contributed by atoms with E-state index in [2.05, 4.69) is 15.7 Å². The fourth-order valence-corrected chi connectivity index (χ4v) is 4.23. The van der Waals surface area contributed by atoms with Crippen molar-refractivity contribution in [1.82, 2.24) is 15.1 Å². The second kappa shape index (κ2) is 8.39. The van der Waals surface area contributed by atoms with Gasteiger partial charge in [-0.15, -0.1) is 12.4 Å². The fraction of sp³-hybridized carbons (Fsp3) is 0.412. The molecule has 1 aromatic heterocycles. The summed E-state index contributed by atoms with van der Waals surface area (Å²) >= 11 is 0. The van der Waals surface area contributed by atoms with Gasteiger partial charge in [-0.2, -0.15) is 5.10 Å². The van der Waals surface area contributed by atoms with E-state index >= 15 is 0 Å². The molecule has 0 bridgehead atoms. The van der Waals surface area contributed by atoms with E-state index in [1.54, 1.807) is 35.3 Å². The number of primary sulfonamides is 1. The van der Waals surface area contributed by atoms with E-state index in [0.29, 0.717) is 43.6 Å². The van der Waals surface area contributed by atoms with Crippen LogP contribution in [-0.4, -0.2) is 37.2 Å². The summed E-state index contributed by atoms with van der Waals surface area (Å²) in [6.07, 6.45) is 5.14. The molecule has 3 rings (SSSR count). The normalized spacial score (nSPS) is 16.4. The first-order chi connectivity index (χ1) is 12.4. The molecular formula is C17H24ClN5O3S. The summed E-state index contributed by atoms with van der Waals surface area (Å²) in [6.45, 7) is 3.25. The van der Waals surface area contributed by atoms with Crippen LogP contribution in [0.15, 0.2) is 41.6 Å². The number of hydrogen-bond donors (Lipinski definition) is 3. The number of aromatic nitrogens is 2. The number of hydrogen-bond acceptors (Lipinski definition) is 5. The Balaban J connectivity index is 0.00000261. The summed E-state index contributed by atoms with van der Waals surface area (Å²) < 4.78 is 25.4. The van der Waals surface area contributed by atoms with E-state index in [4.69, 9.17) is 5.14 Å². The molecule has 2 heterocycles. The summed E-state index contributed by atoms with van der Waals surface area (Å²) in [5, 5.41) is 15.7. The Morgan fingerprint density at radius 3 is 2.63 bits per heavy atom. The number of piperidine rings is 1. The lowest BCUT2D eigenvalue weighted by Gasteiger charge is -2.36. The Morgan fingerprint density at radius 1 is 1.37 bits per heavy atom. The van der Waals surface area contributed by atoms with Gasteiger partial charge in [-0.25, -0.2) is 13.6 Å². The fourth-order valence-electron chi connectivity index (χ4n) is 3.36. The minimum Gasteiger partial charge on any atom is -0.324 e. The van der Waals surface area contributed by atoms with Gasteiger partial charge in [0.2, 0.25) is 10.0 Å². The molecule has 1 aliphatic rings. The molecule has 8 nitrogen and oxygen atoms in total. The van der Waals surface area contributed by atoms with Gasteiger partial charge in [0.15, 0.2) is 0 Å². The van der Waals surface area contributed by atoms with Crippen molar-refractivity contribution in [2.75, 3.05) is 18.4 Å². The first-order valence-corrected chi connectivity index (χ1v) is 10.1. The molecule has 1 amide bonds. The van der Waals surface area contributed by atoms with Crippen LogP contribution in [0, 0.1) is 0 Å². The predicted octanol–water partition coefficient (Wildman–Crippen LogP) is 1.23. The third-order valence-electron chi connectivity index (χ3n) is 4.81. The number of benzene rings is 1. The van der Waals surface area contributed by atoms with Gasteiger partial charge in [-0.05, 0) is 56.1 Å². The third kappa shape index (κ3) is 4.32. The zero-order valence-corrected chi connectivity index (χ0v) is 16.6. The molecule has 0 saturated carbocycles. The zero-order chi connectivity index (χ0) is 18.8. The van der Waals surface area contributed by atoms with E-state index in [9.17, 15) is 13.2 Å². The number of halogens is 1. The van der Waals surface area contributed by atoms with Crippen LogP contribution in [0.4, 0.5) is 5.69 Å². The summed E-state index contributed by atoms with van der Waals surface area (Å²) in [5.74, 6) is -0.215. The molecule has 4 N–H and O–H groups in total. The topological polar surface area (TPSA) is 119 Å². The molecular weight excluding hydrogens is 390 g/mol. The highest BCUT2D eigenvalue weighted by Crippen LogP contribution is 2.29. The van der Waals surface area contributed by atoms with Gasteiger partial charge in [0.25, 0.3) is 5.91 Å². The summed E-state index contributed by atoms with van der Waals surface area (Å²) in [6, 6.07) is 6.58. The highest BCUT2D eigenvalue weighted by atomic mass is 35.5. The van der Waals surface area contributed by atoms with Gasteiger partial charge >= 0.3 is 0 Å². The van der Waals surface area contributed by atoms with Crippen LogP contribution in [0.25, 0.3) is 0 Å². The second-order valence-corrected chi connectivity index (χ2v) is 7.94. The standard InChI is InChI=1S/C17H23N5O3S.ClH/c1-2-13-4-5-14(12-15(13)26(18,24)25)21-16(23)17(6-9-19-10-7-17)22-11-3-8-20-22;/h3-5,8,11-12,19H,2,6-7,9-10H2,1H3,(H,21,23)(H2,18,24,25);1H. The van der Waals surface area contributed by atoms with Gasteiger partial charge in [0.1, 0.15) is 5.54 Å². The first kappa shape index (κ1) is 21.4. The van der Waals surface area contributed by atoms with Crippen LogP contribution < -0.4 is 15.8 Å². The zero-order valence-electron chi connectivity index (χ0n) is 15.0. The van der Waals surface area contributed by atoms with Crippen LogP contribution in [0.5, 0.6) is 0 Å². The van der Waals surface area contributed by atoms with E-state index in [1.165, 1.54) is 6.07 Å². The Labute approximate surface area is 165 Å². The number of carbonyl (C=O) groups excluding carboxylic acids is 1. The number of amides is 1. The summed E-state index contributed by atoms with van der Waals surface area (Å²) in [7, 11) is -3.87. The molecule has 0 aliphatic carbocycles. The van der Waals surface area contributed by atoms with E-state index in [0.717, 1.165) is 0 Å². The maximum Gasteiger partial charge on any atom is 0.252 e. The minimum atomic E-state index is -3.87. The number of nitrogens with one attached hydrogen (secondary N) is 2. The maximum atomic E-state index is 13.1. The van der Waals surface area contributed by atoms with Crippen LogP contribution in [-0.2, 0) is 26.8 Å². The van der Waals surface area contributed by atoms with Crippen molar-refractivity contribution in [2.24, 2.45) is 5.14 Å². The summed E-state index contributed by atoms with van der Waals surface area (Å²) in [4.78, 5) is 13.2. The number of anilines is 1. The van der Waals surface area contributed by atoms with Crippen molar-refractivity contribution >= 4 is 34.0 Å². The van der Waals surface area contributed by atoms with Crippen LogP contribution in [0.1, 0.15) is 25.3 Å². The minimum absolute atomic E-state index is 0. The van der Waals surface area contributed by atoms with Crippen molar-refractivity contribution in [2.45, 2.75) is 36.6 Å². The molecule has 1 saturated heterocycles. The lowest BCUT2D eigenvalue weighted by Crippen LogP contribution is -2.52. The molecule has 1 aliphatic heterocycles. The highest BCUT2D eigenvalue weighted by molar-refractivity contribution is 7.89. The molecule has 27 heavy (non-hydrogen) atoms. The molecule has 1 fully saturated rings. The van der Waals surface area contributed by atoms with Gasteiger partial charge in [0, 0.05) is 18.1 Å². The maximum absolute atomic E-state index is 13.1. The van der Waals surface area contributed by atoms with Crippen molar-refractivity contribution in [3.05, 3.63) is 42.2 Å². The number of carbonyl (C=O) groups is 1. The molecule has 0 atom stereocenters. The number of nitrogens with two attached hydrogens (primary N) is 1. The molecule has 1 aromatic carbocycles. The molecule has 0 unspecified atom stereocenters. The van der Waals surface area contributed by atoms with E-state index < -0.39 is 15.6 Å². The Morgan fingerprint density at radius 2 is 2.07 bits per heavy atom. The van der Waals surface area contributed by atoms with Gasteiger partial charge in [-0.1, -0.05) is 13.0 Å².